The number of nitrogens with zero attached hydrogens (tertiary/aromatic N) is 1. The highest BCUT2D eigenvalue weighted by Gasteiger charge is 2.13. The molecular formula is C24H37N3O3S2. The predicted molar refractivity (Wildman–Crippen MR) is 137 cm³/mol. The molecule has 0 radical (unpaired) electrons. The Kier molecular flexibility index (Phi) is 15.0. The van der Waals surface area contributed by atoms with E-state index in [0.717, 1.165) is 41.8 Å². The van der Waals surface area contributed by atoms with Crippen molar-refractivity contribution < 1.29 is 13.2 Å². The second-order valence-corrected chi connectivity index (χ2v) is 9.78. The molecule has 0 aliphatic carbocycles. The van der Waals surface area contributed by atoms with Gasteiger partial charge >= 0.3 is 0 Å². The van der Waals surface area contributed by atoms with Gasteiger partial charge in [0.25, 0.3) is 0 Å². The van der Waals surface area contributed by atoms with E-state index in [1.54, 1.807) is 18.3 Å². The normalized spacial score (nSPS) is 10.5. The zero-order valence-electron chi connectivity index (χ0n) is 19.8. The lowest BCUT2D eigenvalue weighted by molar-refractivity contribution is -0.114. The van der Waals surface area contributed by atoms with Crippen molar-refractivity contribution in [2.75, 3.05) is 11.6 Å². The largest absolute Gasteiger partial charge is 0.405 e. The molecule has 1 aromatic heterocycles. The Balaban J connectivity index is 0.00000121. The number of anilines is 1. The van der Waals surface area contributed by atoms with Crippen LogP contribution < -0.4 is 11.1 Å². The van der Waals surface area contributed by atoms with Gasteiger partial charge in [-0.1, -0.05) is 45.1 Å². The number of rotatable bonds is 9. The van der Waals surface area contributed by atoms with Crippen LogP contribution >= 0.6 is 11.3 Å². The SMILES string of the molecule is C=CCCCc1nc(NC(C)=O)sc1Cc1ccc(S(C)(=O)=O)cc1.CC.CC/C=C/N. The number of aromatic nitrogens is 1. The van der Waals surface area contributed by atoms with Gasteiger partial charge in [-0.15, -0.1) is 17.9 Å². The van der Waals surface area contributed by atoms with Gasteiger partial charge in [0.2, 0.25) is 5.91 Å². The Morgan fingerprint density at radius 3 is 2.31 bits per heavy atom. The second-order valence-electron chi connectivity index (χ2n) is 6.68. The fourth-order valence-corrected chi connectivity index (χ4v) is 4.23. The Hall–Kier alpha value is -2.45. The molecule has 32 heavy (non-hydrogen) atoms. The molecule has 0 bridgehead atoms. The number of sulfone groups is 1. The van der Waals surface area contributed by atoms with Crippen LogP contribution in [-0.2, 0) is 27.5 Å². The number of unbranched alkanes of at least 4 members (excludes halogenated alkanes) is 1. The maximum absolute atomic E-state index is 11.6. The monoisotopic (exact) mass is 479 g/mol. The van der Waals surface area contributed by atoms with Crippen molar-refractivity contribution in [3.63, 3.8) is 0 Å². The number of carbonyl (C=O) groups excluding carboxylic acids is 1. The quantitative estimate of drug-likeness (QED) is 0.365. The molecule has 1 amide bonds. The lowest BCUT2D eigenvalue weighted by Crippen LogP contribution is -2.05. The van der Waals surface area contributed by atoms with Gasteiger partial charge in [0.15, 0.2) is 15.0 Å². The Bertz CT molecular complexity index is 947. The van der Waals surface area contributed by atoms with Gasteiger partial charge in [0.1, 0.15) is 0 Å². The highest BCUT2D eigenvalue weighted by atomic mass is 32.2. The number of nitrogens with one attached hydrogen (secondary N) is 1. The van der Waals surface area contributed by atoms with Crippen molar-refractivity contribution in [1.82, 2.24) is 4.98 Å². The summed E-state index contributed by atoms with van der Waals surface area (Å²) in [5.41, 5.74) is 6.94. The zero-order chi connectivity index (χ0) is 24.6. The smallest absolute Gasteiger partial charge is 0.223 e. The summed E-state index contributed by atoms with van der Waals surface area (Å²) in [6.45, 7) is 11.2. The van der Waals surface area contributed by atoms with E-state index >= 15 is 0 Å². The van der Waals surface area contributed by atoms with Crippen LogP contribution in [0.3, 0.4) is 0 Å². The van der Waals surface area contributed by atoms with Gasteiger partial charge in [-0.3, -0.25) is 4.79 Å². The molecule has 178 valence electrons. The number of thiazole rings is 1. The van der Waals surface area contributed by atoms with Crippen LogP contribution in [0.25, 0.3) is 0 Å². The number of hydrogen-bond donors (Lipinski definition) is 2. The van der Waals surface area contributed by atoms with Crippen molar-refractivity contribution >= 4 is 32.2 Å². The van der Waals surface area contributed by atoms with Crippen molar-refractivity contribution in [3.8, 4) is 0 Å². The number of carbonyl (C=O) groups is 1. The summed E-state index contributed by atoms with van der Waals surface area (Å²) < 4.78 is 23.1. The minimum absolute atomic E-state index is 0.143. The van der Waals surface area contributed by atoms with Crippen molar-refractivity contribution in [2.24, 2.45) is 5.73 Å². The average Bonchev–Trinajstić information content (AvgIpc) is 3.10. The van der Waals surface area contributed by atoms with E-state index in [2.05, 4.69) is 16.9 Å². The van der Waals surface area contributed by atoms with Crippen LogP contribution in [0.2, 0.25) is 0 Å². The van der Waals surface area contributed by atoms with Crippen LogP contribution in [0.1, 0.15) is 63.1 Å². The van der Waals surface area contributed by atoms with E-state index in [4.69, 9.17) is 5.73 Å². The summed E-state index contributed by atoms with van der Waals surface area (Å²) in [4.78, 5) is 17.2. The van der Waals surface area contributed by atoms with Crippen molar-refractivity contribution in [1.29, 1.82) is 0 Å². The van der Waals surface area contributed by atoms with Gasteiger partial charge in [-0.25, -0.2) is 13.4 Å². The summed E-state index contributed by atoms with van der Waals surface area (Å²) in [5.74, 6) is -0.143. The second kappa shape index (κ2) is 16.2. The third-order valence-corrected chi connectivity index (χ3v) is 6.11. The molecule has 1 aromatic carbocycles. The van der Waals surface area contributed by atoms with Gasteiger partial charge in [0, 0.05) is 24.5 Å². The summed E-state index contributed by atoms with van der Waals surface area (Å²) in [7, 11) is -3.19. The highest BCUT2D eigenvalue weighted by Crippen LogP contribution is 2.27. The molecule has 6 nitrogen and oxygen atoms in total. The zero-order valence-corrected chi connectivity index (χ0v) is 21.5. The minimum atomic E-state index is -3.19. The number of amides is 1. The molecule has 2 rings (SSSR count). The number of hydrogen-bond acceptors (Lipinski definition) is 6. The molecular weight excluding hydrogens is 442 g/mol. The van der Waals surface area contributed by atoms with Crippen LogP contribution in [-0.4, -0.2) is 25.6 Å². The first-order chi connectivity index (χ1) is 15.2. The molecule has 0 atom stereocenters. The van der Waals surface area contributed by atoms with Gasteiger partial charge < -0.3 is 11.1 Å². The van der Waals surface area contributed by atoms with E-state index in [-0.39, 0.29) is 5.91 Å². The molecule has 1 heterocycles. The standard InChI is InChI=1S/C18H22N2O3S2.C4H9N.C2H6/c1-4-5-6-7-16-17(24-18(20-16)19-13(2)21)12-14-8-10-15(11-9-14)25(3,22)23;1-2-3-4-5;1-2/h4,8-11H,1,5-7,12H2,2-3H3,(H,19,20,21);3-4H,2,5H2,1H3;1-2H3/b;4-3+;. The summed E-state index contributed by atoms with van der Waals surface area (Å²) >= 11 is 1.46. The first kappa shape index (κ1) is 29.5. The number of benzene rings is 1. The first-order valence-corrected chi connectivity index (χ1v) is 13.4. The average molecular weight is 480 g/mol. The molecule has 8 heteroatoms. The van der Waals surface area contributed by atoms with Gasteiger partial charge in [-0.2, -0.15) is 0 Å². The van der Waals surface area contributed by atoms with Crippen LogP contribution in [0.15, 0.2) is 54.1 Å². The minimum Gasteiger partial charge on any atom is -0.405 e. The fraction of sp³-hybridized carbons (Fsp3) is 0.417. The van der Waals surface area contributed by atoms with E-state index in [0.29, 0.717) is 16.4 Å². The third-order valence-electron chi connectivity index (χ3n) is 3.97. The van der Waals surface area contributed by atoms with E-state index in [1.165, 1.54) is 24.5 Å². The summed E-state index contributed by atoms with van der Waals surface area (Å²) in [5, 5.41) is 3.34. The molecule has 0 aliphatic heterocycles. The third kappa shape index (κ3) is 11.8. The number of nitrogens with two attached hydrogens (primary N) is 1. The lowest BCUT2D eigenvalue weighted by atomic mass is 10.1. The maximum Gasteiger partial charge on any atom is 0.223 e. The molecule has 0 aliphatic rings. The summed E-state index contributed by atoms with van der Waals surface area (Å²) in [6, 6.07) is 6.89. The van der Waals surface area contributed by atoms with Crippen LogP contribution in [0.5, 0.6) is 0 Å². The summed E-state index contributed by atoms with van der Waals surface area (Å²) in [6.07, 6.45) is 10.9. The fourth-order valence-electron chi connectivity index (χ4n) is 2.51. The van der Waals surface area contributed by atoms with Gasteiger partial charge in [-0.05, 0) is 49.6 Å². The highest BCUT2D eigenvalue weighted by molar-refractivity contribution is 7.90. The van der Waals surface area contributed by atoms with Crippen LogP contribution in [0.4, 0.5) is 5.13 Å². The predicted octanol–water partition coefficient (Wildman–Crippen LogP) is 5.50. The maximum atomic E-state index is 11.6. The number of allylic oxidation sites excluding steroid dienone is 2. The molecule has 0 spiro atoms. The van der Waals surface area contributed by atoms with E-state index in [1.807, 2.05) is 45.1 Å². The Morgan fingerprint density at radius 2 is 1.88 bits per heavy atom. The van der Waals surface area contributed by atoms with Crippen molar-refractivity contribution in [2.45, 2.75) is 64.7 Å². The molecule has 3 N–H and O–H groups in total. The Labute approximate surface area is 197 Å². The molecule has 2 aromatic rings. The topological polar surface area (TPSA) is 102 Å². The molecule has 0 unspecified atom stereocenters. The van der Waals surface area contributed by atoms with E-state index in [9.17, 15) is 13.2 Å². The number of aryl methyl sites for hydroxylation is 1. The molecule has 0 saturated heterocycles. The molecule has 0 saturated carbocycles. The molecule has 0 fully saturated rings. The first-order valence-electron chi connectivity index (χ1n) is 10.7. The van der Waals surface area contributed by atoms with Crippen molar-refractivity contribution in [3.05, 3.63) is 65.3 Å². The van der Waals surface area contributed by atoms with Crippen LogP contribution in [0, 0.1) is 0 Å². The van der Waals surface area contributed by atoms with E-state index < -0.39 is 9.84 Å². The van der Waals surface area contributed by atoms with Gasteiger partial charge in [0.05, 0.1) is 10.6 Å². The lowest BCUT2D eigenvalue weighted by Gasteiger charge is -2.04. The Morgan fingerprint density at radius 1 is 1.25 bits per heavy atom.